The van der Waals surface area contributed by atoms with Gasteiger partial charge in [0.15, 0.2) is 0 Å². The van der Waals surface area contributed by atoms with Crippen molar-refractivity contribution in [3.8, 4) is 5.75 Å². The summed E-state index contributed by atoms with van der Waals surface area (Å²) in [6, 6.07) is 19.7. The van der Waals surface area contributed by atoms with Crippen molar-refractivity contribution >= 4 is 11.3 Å². The first-order valence-corrected chi connectivity index (χ1v) is 10.7. The highest BCUT2D eigenvalue weighted by Gasteiger charge is 2.16. The van der Waals surface area contributed by atoms with Crippen LogP contribution in [0.15, 0.2) is 66.0 Å². The molecule has 1 N–H and O–H groups in total. The molecule has 0 spiro atoms. The van der Waals surface area contributed by atoms with Crippen molar-refractivity contribution in [2.75, 3.05) is 6.54 Å². The summed E-state index contributed by atoms with van der Waals surface area (Å²) >= 11 is 1.77. The van der Waals surface area contributed by atoms with E-state index in [1.54, 1.807) is 23.5 Å². The number of nitrogens with one attached hydrogen (secondary N) is 1. The molecule has 3 aromatic rings. The van der Waals surface area contributed by atoms with Crippen LogP contribution in [-0.4, -0.2) is 12.6 Å². The highest BCUT2D eigenvalue weighted by atomic mass is 32.1. The zero-order valence-electron chi connectivity index (χ0n) is 16.7. The van der Waals surface area contributed by atoms with E-state index < -0.39 is 0 Å². The van der Waals surface area contributed by atoms with Gasteiger partial charge in [-0.05, 0) is 80.6 Å². The number of halogens is 1. The Morgan fingerprint density at radius 1 is 0.929 bits per heavy atom. The van der Waals surface area contributed by atoms with Crippen LogP contribution in [0.1, 0.15) is 55.2 Å². The maximum absolute atomic E-state index is 13.4. The summed E-state index contributed by atoms with van der Waals surface area (Å²) in [5, 5.41) is 5.72. The SMILES string of the molecule is CC(C)Oc1ccc([C@H](CCN[C@@H](C)c2cccs2)c2ccc(F)cc2)cc1. The summed E-state index contributed by atoms with van der Waals surface area (Å²) in [6.45, 7) is 7.12. The molecule has 0 bridgehead atoms. The van der Waals surface area contributed by atoms with E-state index in [1.807, 2.05) is 38.1 Å². The Kier molecular flexibility index (Phi) is 7.24. The van der Waals surface area contributed by atoms with Crippen LogP contribution in [0, 0.1) is 5.82 Å². The van der Waals surface area contributed by atoms with Crippen molar-refractivity contribution in [1.82, 2.24) is 5.32 Å². The molecule has 0 unspecified atom stereocenters. The van der Waals surface area contributed by atoms with Crippen molar-refractivity contribution in [2.24, 2.45) is 0 Å². The van der Waals surface area contributed by atoms with Gasteiger partial charge in [0.1, 0.15) is 11.6 Å². The second-order valence-electron chi connectivity index (χ2n) is 7.32. The molecule has 0 saturated heterocycles. The molecule has 2 nitrogen and oxygen atoms in total. The molecule has 0 saturated carbocycles. The fraction of sp³-hybridized carbons (Fsp3) is 0.333. The lowest BCUT2D eigenvalue weighted by molar-refractivity contribution is 0.242. The molecule has 1 aromatic heterocycles. The Hall–Kier alpha value is -2.17. The first kappa shape index (κ1) is 20.6. The van der Waals surface area contributed by atoms with Crippen molar-refractivity contribution in [2.45, 2.75) is 45.3 Å². The smallest absolute Gasteiger partial charge is 0.123 e. The first-order valence-electron chi connectivity index (χ1n) is 9.82. The Balaban J connectivity index is 1.72. The van der Waals surface area contributed by atoms with Gasteiger partial charge < -0.3 is 10.1 Å². The van der Waals surface area contributed by atoms with E-state index in [-0.39, 0.29) is 17.8 Å². The van der Waals surface area contributed by atoms with Gasteiger partial charge in [0.05, 0.1) is 6.10 Å². The summed E-state index contributed by atoms with van der Waals surface area (Å²) in [4.78, 5) is 1.34. The zero-order chi connectivity index (χ0) is 19.9. The van der Waals surface area contributed by atoms with Crippen molar-refractivity contribution in [3.05, 3.63) is 87.9 Å². The van der Waals surface area contributed by atoms with Gasteiger partial charge in [-0.1, -0.05) is 30.3 Å². The van der Waals surface area contributed by atoms with E-state index >= 15 is 0 Å². The van der Waals surface area contributed by atoms with Crippen LogP contribution in [-0.2, 0) is 0 Å². The van der Waals surface area contributed by atoms with Gasteiger partial charge in [0, 0.05) is 16.8 Å². The molecule has 0 amide bonds. The molecule has 3 rings (SSSR count). The number of rotatable bonds is 9. The second kappa shape index (κ2) is 9.85. The monoisotopic (exact) mass is 397 g/mol. The summed E-state index contributed by atoms with van der Waals surface area (Å²) in [5.74, 6) is 0.880. The molecule has 4 heteroatoms. The minimum Gasteiger partial charge on any atom is -0.491 e. The average Bonchev–Trinajstić information content (AvgIpc) is 3.21. The van der Waals surface area contributed by atoms with Gasteiger partial charge in [0.25, 0.3) is 0 Å². The number of hydrogen-bond acceptors (Lipinski definition) is 3. The molecule has 2 atom stereocenters. The van der Waals surface area contributed by atoms with E-state index in [0.717, 1.165) is 24.3 Å². The Morgan fingerprint density at radius 3 is 2.14 bits per heavy atom. The molecule has 0 aliphatic heterocycles. The van der Waals surface area contributed by atoms with Gasteiger partial charge in [-0.3, -0.25) is 0 Å². The third kappa shape index (κ3) is 5.66. The molecule has 28 heavy (non-hydrogen) atoms. The second-order valence-corrected chi connectivity index (χ2v) is 8.30. The van der Waals surface area contributed by atoms with Crippen LogP contribution >= 0.6 is 11.3 Å². The molecular weight excluding hydrogens is 369 g/mol. The highest BCUT2D eigenvalue weighted by Crippen LogP contribution is 2.30. The molecule has 2 aromatic carbocycles. The van der Waals surface area contributed by atoms with E-state index in [9.17, 15) is 4.39 Å². The molecule has 0 fully saturated rings. The summed E-state index contributed by atoms with van der Waals surface area (Å²) in [5.41, 5.74) is 2.35. The first-order chi connectivity index (χ1) is 13.5. The van der Waals surface area contributed by atoms with Crippen LogP contribution in [0.25, 0.3) is 0 Å². The zero-order valence-corrected chi connectivity index (χ0v) is 17.5. The molecule has 1 heterocycles. The lowest BCUT2D eigenvalue weighted by Crippen LogP contribution is -2.21. The van der Waals surface area contributed by atoms with Crippen LogP contribution in [0.3, 0.4) is 0 Å². The van der Waals surface area contributed by atoms with Gasteiger partial charge in [-0.25, -0.2) is 4.39 Å². The number of thiophene rings is 1. The lowest BCUT2D eigenvalue weighted by Gasteiger charge is -2.21. The molecule has 0 aliphatic carbocycles. The van der Waals surface area contributed by atoms with Crippen LogP contribution in [0.4, 0.5) is 4.39 Å². The number of ether oxygens (including phenoxy) is 1. The molecule has 0 radical (unpaired) electrons. The van der Waals surface area contributed by atoms with Crippen LogP contribution in [0.5, 0.6) is 5.75 Å². The van der Waals surface area contributed by atoms with E-state index in [4.69, 9.17) is 4.74 Å². The van der Waals surface area contributed by atoms with Gasteiger partial charge in [0.2, 0.25) is 0 Å². The third-order valence-corrected chi connectivity index (χ3v) is 5.84. The predicted octanol–water partition coefficient (Wildman–Crippen LogP) is 6.55. The van der Waals surface area contributed by atoms with E-state index in [1.165, 1.54) is 10.4 Å². The minimum absolute atomic E-state index is 0.154. The van der Waals surface area contributed by atoms with Gasteiger partial charge >= 0.3 is 0 Å². The Bertz CT molecular complexity index is 828. The molecule has 0 aliphatic rings. The molecular formula is C24H28FNOS. The average molecular weight is 398 g/mol. The predicted molar refractivity (Wildman–Crippen MR) is 116 cm³/mol. The highest BCUT2D eigenvalue weighted by molar-refractivity contribution is 7.10. The van der Waals surface area contributed by atoms with Crippen LogP contribution < -0.4 is 10.1 Å². The van der Waals surface area contributed by atoms with Gasteiger partial charge in [-0.2, -0.15) is 0 Å². The largest absolute Gasteiger partial charge is 0.491 e. The third-order valence-electron chi connectivity index (χ3n) is 4.78. The summed E-state index contributed by atoms with van der Waals surface area (Å²) in [7, 11) is 0. The van der Waals surface area contributed by atoms with Crippen molar-refractivity contribution in [3.63, 3.8) is 0 Å². The normalized spacial score (nSPS) is 13.5. The standard InChI is InChI=1S/C24H28FNOS/c1-17(2)27-22-12-8-20(9-13-22)23(19-6-10-21(25)11-7-19)14-15-26-18(3)24-5-4-16-28-24/h4-13,16-18,23,26H,14-15H2,1-3H3/t18-,23+/m0/s1. The fourth-order valence-corrected chi connectivity index (χ4v) is 4.11. The minimum atomic E-state index is -0.201. The maximum Gasteiger partial charge on any atom is 0.123 e. The topological polar surface area (TPSA) is 21.3 Å². The van der Waals surface area contributed by atoms with Crippen molar-refractivity contribution in [1.29, 1.82) is 0 Å². The Labute approximate surface area is 171 Å². The summed E-state index contributed by atoms with van der Waals surface area (Å²) in [6.07, 6.45) is 1.09. The number of hydrogen-bond donors (Lipinski definition) is 1. The fourth-order valence-electron chi connectivity index (χ4n) is 3.35. The summed E-state index contributed by atoms with van der Waals surface area (Å²) < 4.78 is 19.2. The Morgan fingerprint density at radius 2 is 1.57 bits per heavy atom. The van der Waals surface area contributed by atoms with E-state index in [2.05, 4.69) is 41.9 Å². The quantitative estimate of drug-likeness (QED) is 0.442. The van der Waals surface area contributed by atoms with Gasteiger partial charge in [-0.15, -0.1) is 11.3 Å². The lowest BCUT2D eigenvalue weighted by atomic mass is 9.88. The maximum atomic E-state index is 13.4. The van der Waals surface area contributed by atoms with E-state index in [0.29, 0.717) is 6.04 Å². The van der Waals surface area contributed by atoms with Crippen LogP contribution in [0.2, 0.25) is 0 Å². The van der Waals surface area contributed by atoms with Crippen molar-refractivity contribution < 1.29 is 9.13 Å². The number of benzene rings is 2. The molecule has 148 valence electrons.